The van der Waals surface area contributed by atoms with Gasteiger partial charge in [0.1, 0.15) is 0 Å². The van der Waals surface area contributed by atoms with Crippen molar-refractivity contribution >= 4 is 12.9 Å². The molecule has 1 fully saturated rings. The van der Waals surface area contributed by atoms with Crippen molar-refractivity contribution in [3.63, 3.8) is 0 Å². The van der Waals surface area contributed by atoms with Gasteiger partial charge in [-0.3, -0.25) is 0 Å². The maximum Gasteiger partial charge on any atom is 0.330 e. The van der Waals surface area contributed by atoms with Crippen molar-refractivity contribution in [2.75, 3.05) is 0 Å². The summed E-state index contributed by atoms with van der Waals surface area (Å²) >= 11 is 0. The molecule has 1 aromatic rings. The normalized spacial score (nSPS) is 32.9. The van der Waals surface area contributed by atoms with Crippen LogP contribution in [-0.4, -0.2) is 13.6 Å². The highest BCUT2D eigenvalue weighted by atomic mass is 16.4. The Bertz CT molecular complexity index is 482. The van der Waals surface area contributed by atoms with E-state index in [1.807, 2.05) is 7.48 Å². The fraction of sp³-hybridized carbons (Fsp3) is 0.625. The monoisotopic (exact) mass is 241 g/mol. The van der Waals surface area contributed by atoms with Gasteiger partial charge in [-0.15, -0.1) is 0 Å². The van der Waals surface area contributed by atoms with Crippen LogP contribution in [0.4, 0.5) is 0 Å². The molecule has 0 aromatic heterocycles. The van der Waals surface area contributed by atoms with Gasteiger partial charge < -0.3 is 4.65 Å². The zero-order chi connectivity index (χ0) is 13.0. The molecule has 0 N–H and O–H groups in total. The molecule has 2 aliphatic carbocycles. The van der Waals surface area contributed by atoms with Crippen molar-refractivity contribution in [3.8, 4) is 0 Å². The van der Waals surface area contributed by atoms with Crippen LogP contribution in [0.1, 0.15) is 58.1 Å². The van der Waals surface area contributed by atoms with E-state index in [1.54, 1.807) is 11.1 Å². The SMILES string of the molecule is CC(C)O[B]c1ccc2c(c1)C1(C)CCC2(C)C1. The van der Waals surface area contributed by atoms with E-state index in [1.165, 1.54) is 24.7 Å². The van der Waals surface area contributed by atoms with E-state index in [0.717, 1.165) is 0 Å². The van der Waals surface area contributed by atoms with Gasteiger partial charge >= 0.3 is 7.48 Å². The van der Waals surface area contributed by atoms with Gasteiger partial charge in [0.15, 0.2) is 0 Å². The number of rotatable bonds is 3. The van der Waals surface area contributed by atoms with Crippen LogP contribution in [0.2, 0.25) is 0 Å². The maximum absolute atomic E-state index is 5.60. The van der Waals surface area contributed by atoms with E-state index in [9.17, 15) is 0 Å². The summed E-state index contributed by atoms with van der Waals surface area (Å²) in [6.07, 6.45) is 4.26. The molecule has 0 saturated heterocycles. The number of hydrogen-bond donors (Lipinski definition) is 0. The average molecular weight is 241 g/mol. The highest BCUT2D eigenvalue weighted by Gasteiger charge is 2.52. The molecule has 0 amide bonds. The third-order valence-corrected chi connectivity index (χ3v) is 4.83. The topological polar surface area (TPSA) is 9.23 Å². The van der Waals surface area contributed by atoms with E-state index < -0.39 is 0 Å². The summed E-state index contributed by atoms with van der Waals surface area (Å²) < 4.78 is 5.60. The minimum Gasteiger partial charge on any atom is -0.432 e. The molecule has 2 aliphatic rings. The molecule has 95 valence electrons. The Balaban J connectivity index is 1.93. The van der Waals surface area contributed by atoms with Crippen LogP contribution in [-0.2, 0) is 15.5 Å². The number of hydrogen-bond acceptors (Lipinski definition) is 1. The first-order valence-corrected chi connectivity index (χ1v) is 7.07. The quantitative estimate of drug-likeness (QED) is 0.739. The molecule has 2 bridgehead atoms. The summed E-state index contributed by atoms with van der Waals surface area (Å²) in [6, 6.07) is 6.88. The van der Waals surface area contributed by atoms with Gasteiger partial charge in [0.25, 0.3) is 0 Å². The molecule has 3 rings (SSSR count). The largest absolute Gasteiger partial charge is 0.432 e. The number of benzene rings is 1. The molecule has 2 unspecified atom stereocenters. The van der Waals surface area contributed by atoms with Crippen molar-refractivity contribution in [2.45, 2.75) is 63.9 Å². The van der Waals surface area contributed by atoms with Crippen molar-refractivity contribution in [1.82, 2.24) is 0 Å². The Morgan fingerprint density at radius 3 is 2.44 bits per heavy atom. The van der Waals surface area contributed by atoms with Gasteiger partial charge in [-0.1, -0.05) is 37.5 Å². The molecule has 0 heterocycles. The summed E-state index contributed by atoms with van der Waals surface area (Å²) in [7, 11) is 1.91. The summed E-state index contributed by atoms with van der Waals surface area (Å²) in [5, 5.41) is 0. The van der Waals surface area contributed by atoms with Crippen LogP contribution in [0.15, 0.2) is 18.2 Å². The van der Waals surface area contributed by atoms with E-state index in [-0.39, 0.29) is 6.10 Å². The van der Waals surface area contributed by atoms with Crippen LogP contribution in [0.5, 0.6) is 0 Å². The average Bonchev–Trinajstić information content (AvgIpc) is 2.75. The molecule has 1 saturated carbocycles. The second-order valence-corrected chi connectivity index (χ2v) is 6.91. The van der Waals surface area contributed by atoms with Gasteiger partial charge in [-0.2, -0.15) is 0 Å². The number of fused-ring (bicyclic) bond motifs is 5. The second kappa shape index (κ2) is 3.87. The van der Waals surface area contributed by atoms with Gasteiger partial charge in [-0.05, 0) is 55.1 Å². The highest BCUT2D eigenvalue weighted by Crippen LogP contribution is 2.59. The third-order valence-electron chi connectivity index (χ3n) is 4.83. The molecule has 0 aliphatic heterocycles. The maximum atomic E-state index is 5.60. The lowest BCUT2D eigenvalue weighted by Crippen LogP contribution is -2.25. The standard InChI is InChI=1S/C16H22BO/c1-11(2)18-17-12-5-6-13-14(9-12)16(4)8-7-15(13,3)10-16/h5-6,9,11H,7-8,10H2,1-4H3. The van der Waals surface area contributed by atoms with Gasteiger partial charge in [0.05, 0.1) is 0 Å². The summed E-state index contributed by atoms with van der Waals surface area (Å²) in [6.45, 7) is 8.98. The minimum absolute atomic E-state index is 0.253. The lowest BCUT2D eigenvalue weighted by Gasteiger charge is -2.27. The Hall–Kier alpha value is -0.755. The van der Waals surface area contributed by atoms with Gasteiger partial charge in [0, 0.05) is 6.10 Å². The van der Waals surface area contributed by atoms with Crippen LogP contribution in [0.3, 0.4) is 0 Å². The Labute approximate surface area is 111 Å². The lowest BCUT2D eigenvalue weighted by atomic mass is 9.74. The first kappa shape index (κ1) is 12.3. The molecule has 1 aromatic carbocycles. The summed E-state index contributed by atoms with van der Waals surface area (Å²) in [4.78, 5) is 0. The minimum atomic E-state index is 0.253. The zero-order valence-corrected chi connectivity index (χ0v) is 11.9. The first-order chi connectivity index (χ1) is 8.43. The molecule has 2 atom stereocenters. The molecular formula is C16H22BO. The van der Waals surface area contributed by atoms with Gasteiger partial charge in [-0.25, -0.2) is 0 Å². The zero-order valence-electron chi connectivity index (χ0n) is 11.9. The molecular weight excluding hydrogens is 219 g/mol. The third kappa shape index (κ3) is 1.73. The fourth-order valence-electron chi connectivity index (χ4n) is 3.92. The Morgan fingerprint density at radius 2 is 1.78 bits per heavy atom. The van der Waals surface area contributed by atoms with E-state index in [0.29, 0.717) is 10.8 Å². The second-order valence-electron chi connectivity index (χ2n) is 6.91. The first-order valence-electron chi connectivity index (χ1n) is 7.07. The molecule has 0 spiro atoms. The highest BCUT2D eigenvalue weighted by molar-refractivity contribution is 6.47. The van der Waals surface area contributed by atoms with E-state index in [4.69, 9.17) is 4.65 Å². The smallest absolute Gasteiger partial charge is 0.330 e. The Kier molecular flexibility index (Phi) is 2.64. The van der Waals surface area contributed by atoms with E-state index in [2.05, 4.69) is 45.9 Å². The predicted molar refractivity (Wildman–Crippen MR) is 76.6 cm³/mol. The lowest BCUT2D eigenvalue weighted by molar-refractivity contribution is 0.260. The summed E-state index contributed by atoms with van der Waals surface area (Å²) in [5.41, 5.74) is 5.20. The Morgan fingerprint density at radius 1 is 1.11 bits per heavy atom. The van der Waals surface area contributed by atoms with Gasteiger partial charge in [0.2, 0.25) is 0 Å². The fourth-order valence-corrected chi connectivity index (χ4v) is 3.92. The van der Waals surface area contributed by atoms with Crippen LogP contribution < -0.4 is 5.46 Å². The van der Waals surface area contributed by atoms with Crippen LogP contribution in [0.25, 0.3) is 0 Å². The summed E-state index contributed by atoms with van der Waals surface area (Å²) in [5.74, 6) is 0. The molecule has 2 heteroatoms. The van der Waals surface area contributed by atoms with E-state index >= 15 is 0 Å². The molecule has 1 nitrogen and oxygen atoms in total. The van der Waals surface area contributed by atoms with Crippen molar-refractivity contribution in [3.05, 3.63) is 29.3 Å². The van der Waals surface area contributed by atoms with Crippen molar-refractivity contribution in [1.29, 1.82) is 0 Å². The van der Waals surface area contributed by atoms with Crippen LogP contribution >= 0.6 is 0 Å². The predicted octanol–water partition coefficient (Wildman–Crippen LogP) is 3.07. The molecule has 1 radical (unpaired) electrons. The molecule has 18 heavy (non-hydrogen) atoms. The van der Waals surface area contributed by atoms with Crippen molar-refractivity contribution < 1.29 is 4.65 Å². The van der Waals surface area contributed by atoms with Crippen LogP contribution in [0, 0.1) is 0 Å². The van der Waals surface area contributed by atoms with Crippen molar-refractivity contribution in [2.24, 2.45) is 0 Å².